The summed E-state index contributed by atoms with van der Waals surface area (Å²) in [5, 5.41) is 9.39. The van der Waals surface area contributed by atoms with Crippen LogP contribution < -0.4 is 5.84 Å². The third-order valence-corrected chi connectivity index (χ3v) is 5.39. The van der Waals surface area contributed by atoms with Crippen molar-refractivity contribution in [3.8, 4) is 11.4 Å². The maximum atomic E-state index is 12.4. The van der Waals surface area contributed by atoms with E-state index in [0.717, 1.165) is 24.9 Å². The molecule has 1 aliphatic heterocycles. The predicted molar refractivity (Wildman–Crippen MR) is 96.4 cm³/mol. The maximum Gasteiger partial charge on any atom is 0.233 e. The molecule has 24 heavy (non-hydrogen) atoms. The van der Waals surface area contributed by atoms with Crippen molar-refractivity contribution in [2.75, 3.05) is 18.1 Å². The van der Waals surface area contributed by atoms with Crippen LogP contribution in [0.3, 0.4) is 0 Å². The summed E-state index contributed by atoms with van der Waals surface area (Å²) < 4.78 is 1.42. The quantitative estimate of drug-likeness (QED) is 0.666. The summed E-state index contributed by atoms with van der Waals surface area (Å²) in [4.78, 5) is 14.4. The lowest BCUT2D eigenvalue weighted by Gasteiger charge is -2.33. The zero-order chi connectivity index (χ0) is 17.1. The average Bonchev–Trinajstić information content (AvgIpc) is 2.95. The second-order valence-corrected chi connectivity index (χ2v) is 7.28. The summed E-state index contributed by atoms with van der Waals surface area (Å²) in [6.07, 6.45) is 3.35. The van der Waals surface area contributed by atoms with Crippen LogP contribution in [0.15, 0.2) is 29.4 Å². The van der Waals surface area contributed by atoms with E-state index in [1.165, 1.54) is 22.9 Å². The second kappa shape index (κ2) is 7.44. The summed E-state index contributed by atoms with van der Waals surface area (Å²) >= 11 is 7.21. The number of halogens is 1. The lowest BCUT2D eigenvalue weighted by atomic mass is 10.0. The van der Waals surface area contributed by atoms with Crippen molar-refractivity contribution in [2.24, 2.45) is 0 Å². The molecule has 2 heterocycles. The van der Waals surface area contributed by atoms with Gasteiger partial charge in [0.25, 0.3) is 0 Å². The van der Waals surface area contributed by atoms with E-state index in [1.807, 2.05) is 17.0 Å². The largest absolute Gasteiger partial charge is 0.339 e. The smallest absolute Gasteiger partial charge is 0.233 e. The number of carbonyl (C=O) groups excluding carboxylic acids is 1. The Hall–Kier alpha value is -1.73. The Morgan fingerprint density at radius 3 is 2.79 bits per heavy atom. The first kappa shape index (κ1) is 17.1. The lowest BCUT2D eigenvalue weighted by molar-refractivity contribution is -0.131. The molecular formula is C16H20ClN5OS. The van der Waals surface area contributed by atoms with Crippen LogP contribution in [0.25, 0.3) is 11.4 Å². The molecule has 0 bridgehead atoms. The molecule has 8 heteroatoms. The number of nitrogen functional groups attached to an aromatic ring is 1. The molecule has 1 unspecified atom stereocenters. The first-order chi connectivity index (χ1) is 11.6. The Balaban J connectivity index is 1.66. The Morgan fingerprint density at radius 1 is 1.33 bits per heavy atom. The maximum absolute atomic E-state index is 12.4. The minimum absolute atomic E-state index is 0.128. The molecule has 1 aliphatic rings. The van der Waals surface area contributed by atoms with Crippen molar-refractivity contribution < 1.29 is 4.79 Å². The number of rotatable bonds is 4. The van der Waals surface area contributed by atoms with Crippen LogP contribution >= 0.6 is 23.4 Å². The van der Waals surface area contributed by atoms with Gasteiger partial charge in [0.05, 0.1) is 5.75 Å². The van der Waals surface area contributed by atoms with Crippen molar-refractivity contribution in [3.63, 3.8) is 0 Å². The number of amides is 1. The second-order valence-electron chi connectivity index (χ2n) is 5.90. The van der Waals surface area contributed by atoms with Gasteiger partial charge in [-0.1, -0.05) is 23.4 Å². The fourth-order valence-electron chi connectivity index (χ4n) is 2.85. The highest BCUT2D eigenvalue weighted by molar-refractivity contribution is 7.99. The van der Waals surface area contributed by atoms with E-state index in [4.69, 9.17) is 17.4 Å². The van der Waals surface area contributed by atoms with Crippen molar-refractivity contribution >= 4 is 29.3 Å². The van der Waals surface area contributed by atoms with Crippen molar-refractivity contribution in [1.82, 2.24) is 19.8 Å². The third-order valence-electron chi connectivity index (χ3n) is 4.22. The van der Waals surface area contributed by atoms with Crippen molar-refractivity contribution in [3.05, 3.63) is 29.3 Å². The van der Waals surface area contributed by atoms with Crippen LogP contribution in [0, 0.1) is 0 Å². The van der Waals surface area contributed by atoms with Gasteiger partial charge in [-0.25, -0.2) is 4.68 Å². The third kappa shape index (κ3) is 3.67. The molecule has 6 nitrogen and oxygen atoms in total. The number of nitrogens with two attached hydrogens (primary N) is 1. The molecule has 1 fully saturated rings. The number of nitrogens with zero attached hydrogens (tertiary/aromatic N) is 4. The van der Waals surface area contributed by atoms with Gasteiger partial charge in [-0.05, 0) is 50.5 Å². The summed E-state index contributed by atoms with van der Waals surface area (Å²) in [6.45, 7) is 2.94. The highest BCUT2D eigenvalue weighted by atomic mass is 35.5. The van der Waals surface area contributed by atoms with Gasteiger partial charge in [0.15, 0.2) is 5.82 Å². The van der Waals surface area contributed by atoms with Crippen LogP contribution in [-0.4, -0.2) is 44.0 Å². The Bertz CT molecular complexity index is 718. The molecule has 1 amide bonds. The van der Waals surface area contributed by atoms with Crippen molar-refractivity contribution in [2.45, 2.75) is 37.4 Å². The van der Waals surface area contributed by atoms with E-state index in [1.54, 1.807) is 12.1 Å². The fraction of sp³-hybridized carbons (Fsp3) is 0.438. The molecule has 0 radical (unpaired) electrons. The molecular weight excluding hydrogens is 346 g/mol. The number of thioether (sulfide) groups is 1. The van der Waals surface area contributed by atoms with Crippen molar-refractivity contribution in [1.29, 1.82) is 0 Å². The molecule has 0 aliphatic carbocycles. The molecule has 1 saturated heterocycles. The van der Waals surface area contributed by atoms with E-state index in [0.29, 0.717) is 27.8 Å². The average molecular weight is 366 g/mol. The molecule has 0 spiro atoms. The summed E-state index contributed by atoms with van der Waals surface area (Å²) in [5.74, 6) is 7.08. The molecule has 2 aromatic rings. The molecule has 3 rings (SSSR count). The zero-order valence-corrected chi connectivity index (χ0v) is 15.1. The van der Waals surface area contributed by atoms with Crippen LogP contribution in [-0.2, 0) is 4.79 Å². The van der Waals surface area contributed by atoms with Gasteiger partial charge in [-0.15, -0.1) is 10.2 Å². The number of piperidine rings is 1. The topological polar surface area (TPSA) is 77.0 Å². The first-order valence-electron chi connectivity index (χ1n) is 7.95. The van der Waals surface area contributed by atoms with Crippen LogP contribution in [0.4, 0.5) is 0 Å². The van der Waals surface area contributed by atoms with Gasteiger partial charge < -0.3 is 10.7 Å². The molecule has 2 N–H and O–H groups in total. The Kier molecular flexibility index (Phi) is 5.30. The number of hydrogen-bond donors (Lipinski definition) is 1. The fourth-order valence-corrected chi connectivity index (χ4v) is 3.72. The highest BCUT2D eigenvalue weighted by Gasteiger charge is 2.23. The number of aromatic nitrogens is 3. The highest BCUT2D eigenvalue weighted by Crippen LogP contribution is 2.24. The number of carbonyl (C=O) groups is 1. The Labute approximate surface area is 150 Å². The number of likely N-dealkylation sites (tertiary alicyclic amines) is 1. The molecule has 0 saturated carbocycles. The summed E-state index contributed by atoms with van der Waals surface area (Å²) in [7, 11) is 0. The molecule has 1 atom stereocenters. The SMILES string of the molecule is CC1CCCCN1C(=O)CSc1nnc(-c2ccc(Cl)cc2)n1N. The van der Waals surface area contributed by atoms with Crippen LogP contribution in [0.1, 0.15) is 26.2 Å². The van der Waals surface area contributed by atoms with E-state index < -0.39 is 0 Å². The number of benzene rings is 1. The predicted octanol–water partition coefficient (Wildman–Crippen LogP) is 2.81. The van der Waals surface area contributed by atoms with E-state index in [2.05, 4.69) is 17.1 Å². The van der Waals surface area contributed by atoms with Gasteiger partial charge in [0.1, 0.15) is 0 Å². The Morgan fingerprint density at radius 2 is 2.08 bits per heavy atom. The summed E-state index contributed by atoms with van der Waals surface area (Å²) in [6, 6.07) is 7.54. The number of hydrogen-bond acceptors (Lipinski definition) is 5. The van der Waals surface area contributed by atoms with Crippen LogP contribution in [0.5, 0.6) is 0 Å². The normalized spacial score (nSPS) is 17.9. The van der Waals surface area contributed by atoms with E-state index in [-0.39, 0.29) is 5.91 Å². The van der Waals surface area contributed by atoms with E-state index in [9.17, 15) is 4.79 Å². The van der Waals surface area contributed by atoms with Crippen LogP contribution in [0.2, 0.25) is 5.02 Å². The standard InChI is InChI=1S/C16H20ClN5OS/c1-11-4-2-3-9-21(11)14(23)10-24-16-20-19-15(22(16)18)12-5-7-13(17)8-6-12/h5-8,11H,2-4,9-10,18H2,1H3. The van der Waals surface area contributed by atoms with Gasteiger partial charge in [-0.3, -0.25) is 4.79 Å². The minimum Gasteiger partial charge on any atom is -0.339 e. The van der Waals surface area contributed by atoms with Gasteiger partial charge >= 0.3 is 0 Å². The summed E-state index contributed by atoms with van der Waals surface area (Å²) in [5.41, 5.74) is 0.831. The van der Waals surface area contributed by atoms with E-state index >= 15 is 0 Å². The van der Waals surface area contributed by atoms with Gasteiger partial charge in [0, 0.05) is 23.2 Å². The lowest BCUT2D eigenvalue weighted by Crippen LogP contribution is -2.43. The molecule has 128 valence electrons. The zero-order valence-electron chi connectivity index (χ0n) is 13.5. The molecule has 1 aromatic heterocycles. The monoisotopic (exact) mass is 365 g/mol. The minimum atomic E-state index is 0.128. The van der Waals surface area contributed by atoms with Gasteiger partial charge in [-0.2, -0.15) is 0 Å². The van der Waals surface area contributed by atoms with Gasteiger partial charge in [0.2, 0.25) is 11.1 Å². The first-order valence-corrected chi connectivity index (χ1v) is 9.31. The molecule has 1 aromatic carbocycles.